The van der Waals surface area contributed by atoms with Crippen LogP contribution in [0, 0.1) is 0 Å². The van der Waals surface area contributed by atoms with Crippen LogP contribution in [0.2, 0.25) is 0 Å². The van der Waals surface area contributed by atoms with Gasteiger partial charge in [-0.05, 0) is 30.3 Å². The zero-order valence-corrected chi connectivity index (χ0v) is 9.29. The lowest BCUT2D eigenvalue weighted by Gasteiger charge is -2.30. The molecule has 1 heterocycles. The molecule has 0 bridgehead atoms. The van der Waals surface area contributed by atoms with E-state index in [1.165, 1.54) is 5.56 Å². The maximum Gasteiger partial charge on any atom is 0.118 e. The van der Waals surface area contributed by atoms with E-state index in [0.29, 0.717) is 0 Å². The number of allylic oxidation sites excluding steroid dienone is 1. The number of hydrogen-bond acceptors (Lipinski definition) is 2. The van der Waals surface area contributed by atoms with Crippen molar-refractivity contribution in [2.24, 2.45) is 0 Å². The van der Waals surface area contributed by atoms with Crippen molar-refractivity contribution in [1.29, 1.82) is 0 Å². The van der Waals surface area contributed by atoms with E-state index in [4.69, 9.17) is 4.74 Å². The van der Waals surface area contributed by atoms with Gasteiger partial charge < -0.3 is 10.1 Å². The third kappa shape index (κ3) is 1.99. The molecule has 2 nitrogen and oxygen atoms in total. The van der Waals surface area contributed by atoms with Gasteiger partial charge in [0.05, 0.1) is 7.11 Å². The minimum absolute atomic E-state index is 0.164. The predicted octanol–water partition coefficient (Wildman–Crippen LogP) is 2.46. The van der Waals surface area contributed by atoms with Crippen molar-refractivity contribution >= 4 is 0 Å². The molecule has 1 aromatic carbocycles. The zero-order chi connectivity index (χ0) is 10.7. The van der Waals surface area contributed by atoms with Crippen LogP contribution in [0.25, 0.3) is 0 Å². The molecule has 0 aromatic heterocycles. The summed E-state index contributed by atoms with van der Waals surface area (Å²) in [5, 5.41) is 3.23. The molecular weight excluding hydrogens is 186 g/mol. The summed E-state index contributed by atoms with van der Waals surface area (Å²) in [6.45, 7) is 3.31. The summed E-state index contributed by atoms with van der Waals surface area (Å²) >= 11 is 0. The first-order valence-corrected chi connectivity index (χ1v) is 5.30. The van der Waals surface area contributed by atoms with Gasteiger partial charge in [-0.3, -0.25) is 0 Å². The molecule has 1 atom stereocenters. The molecule has 15 heavy (non-hydrogen) atoms. The lowest BCUT2D eigenvalue weighted by Crippen LogP contribution is -2.29. The Bertz CT molecular complexity index is 355. The van der Waals surface area contributed by atoms with Crippen molar-refractivity contribution in [3.63, 3.8) is 0 Å². The van der Waals surface area contributed by atoms with Crippen molar-refractivity contribution < 1.29 is 4.74 Å². The predicted molar refractivity (Wildman–Crippen MR) is 62.1 cm³/mol. The Morgan fingerprint density at radius 2 is 2.00 bits per heavy atom. The van der Waals surface area contributed by atoms with Gasteiger partial charge in [-0.2, -0.15) is 0 Å². The van der Waals surface area contributed by atoms with E-state index in [1.54, 1.807) is 7.11 Å². The molecule has 80 valence electrons. The Morgan fingerprint density at radius 3 is 2.53 bits per heavy atom. The van der Waals surface area contributed by atoms with Crippen molar-refractivity contribution in [2.75, 3.05) is 13.7 Å². The maximum absolute atomic E-state index is 5.16. The van der Waals surface area contributed by atoms with Gasteiger partial charge in [-0.15, -0.1) is 0 Å². The van der Waals surface area contributed by atoms with E-state index in [2.05, 4.69) is 30.4 Å². The molecule has 1 aliphatic heterocycles. The minimum atomic E-state index is 0.164. The quantitative estimate of drug-likeness (QED) is 0.797. The number of hydrogen-bond donors (Lipinski definition) is 1. The fourth-order valence-corrected chi connectivity index (χ4v) is 1.95. The molecule has 1 N–H and O–H groups in total. The number of benzene rings is 1. The standard InChI is InChI=1S/C13H17NO/c1-13(7-9-14-10-8-13)11-3-5-12(15-2)6-4-11/h3-7,9,14H,8,10H2,1-2H3. The van der Waals surface area contributed by atoms with Crippen LogP contribution in [0.1, 0.15) is 18.9 Å². The molecule has 0 aliphatic carbocycles. The Labute approximate surface area is 91.0 Å². The zero-order valence-electron chi connectivity index (χ0n) is 9.29. The van der Waals surface area contributed by atoms with E-state index >= 15 is 0 Å². The third-order valence-electron chi connectivity index (χ3n) is 3.11. The number of rotatable bonds is 2. The average Bonchev–Trinajstić information content (AvgIpc) is 2.30. The molecule has 2 heteroatoms. The summed E-state index contributed by atoms with van der Waals surface area (Å²) in [4.78, 5) is 0. The number of nitrogens with one attached hydrogen (secondary N) is 1. The molecule has 0 saturated heterocycles. The van der Waals surface area contributed by atoms with E-state index in [0.717, 1.165) is 18.7 Å². The molecule has 1 aromatic rings. The fourth-order valence-electron chi connectivity index (χ4n) is 1.95. The molecule has 0 radical (unpaired) electrons. The lowest BCUT2D eigenvalue weighted by atomic mass is 9.78. The molecule has 2 rings (SSSR count). The molecular formula is C13H17NO. The number of ether oxygens (including phenoxy) is 1. The highest BCUT2D eigenvalue weighted by molar-refractivity contribution is 5.35. The van der Waals surface area contributed by atoms with E-state index in [1.807, 2.05) is 18.3 Å². The summed E-state index contributed by atoms with van der Waals surface area (Å²) < 4.78 is 5.16. The van der Waals surface area contributed by atoms with Gasteiger partial charge in [0.1, 0.15) is 5.75 Å². The van der Waals surface area contributed by atoms with Crippen LogP contribution in [0.4, 0.5) is 0 Å². The van der Waals surface area contributed by atoms with Gasteiger partial charge in [-0.1, -0.05) is 25.1 Å². The first kappa shape index (κ1) is 10.1. The minimum Gasteiger partial charge on any atom is -0.497 e. The third-order valence-corrected chi connectivity index (χ3v) is 3.11. The second-order valence-electron chi connectivity index (χ2n) is 4.18. The largest absolute Gasteiger partial charge is 0.497 e. The summed E-state index contributed by atoms with van der Waals surface area (Å²) in [6.07, 6.45) is 5.42. The van der Waals surface area contributed by atoms with Gasteiger partial charge >= 0.3 is 0 Å². The molecule has 0 saturated carbocycles. The van der Waals surface area contributed by atoms with E-state index in [9.17, 15) is 0 Å². The highest BCUT2D eigenvalue weighted by Gasteiger charge is 2.24. The van der Waals surface area contributed by atoms with Gasteiger partial charge in [0, 0.05) is 12.0 Å². The van der Waals surface area contributed by atoms with Crippen LogP contribution < -0.4 is 10.1 Å². The van der Waals surface area contributed by atoms with Crippen molar-refractivity contribution in [3.8, 4) is 5.75 Å². The highest BCUT2D eigenvalue weighted by Crippen LogP contribution is 2.31. The van der Waals surface area contributed by atoms with Gasteiger partial charge in [0.15, 0.2) is 0 Å². The summed E-state index contributed by atoms with van der Waals surface area (Å²) in [6, 6.07) is 8.34. The van der Waals surface area contributed by atoms with Gasteiger partial charge in [0.25, 0.3) is 0 Å². The molecule has 1 aliphatic rings. The molecule has 0 fully saturated rings. The summed E-state index contributed by atoms with van der Waals surface area (Å²) in [7, 11) is 1.70. The van der Waals surface area contributed by atoms with Crippen molar-refractivity contribution in [3.05, 3.63) is 42.1 Å². The van der Waals surface area contributed by atoms with Crippen LogP contribution in [0.5, 0.6) is 5.75 Å². The Hall–Kier alpha value is -1.44. The topological polar surface area (TPSA) is 21.3 Å². The maximum atomic E-state index is 5.16. The van der Waals surface area contributed by atoms with Crippen LogP contribution in [-0.2, 0) is 5.41 Å². The van der Waals surface area contributed by atoms with Gasteiger partial charge in [0.2, 0.25) is 0 Å². The second-order valence-corrected chi connectivity index (χ2v) is 4.18. The van der Waals surface area contributed by atoms with Crippen LogP contribution >= 0.6 is 0 Å². The highest BCUT2D eigenvalue weighted by atomic mass is 16.5. The molecule has 0 amide bonds. The van der Waals surface area contributed by atoms with Crippen molar-refractivity contribution in [1.82, 2.24) is 5.32 Å². The second kappa shape index (κ2) is 3.97. The normalized spacial score (nSPS) is 24.7. The van der Waals surface area contributed by atoms with Crippen LogP contribution in [0.3, 0.4) is 0 Å². The van der Waals surface area contributed by atoms with Crippen LogP contribution in [0.15, 0.2) is 36.5 Å². The summed E-state index contributed by atoms with van der Waals surface area (Å²) in [5.74, 6) is 0.917. The molecule has 1 unspecified atom stereocenters. The Morgan fingerprint density at radius 1 is 1.27 bits per heavy atom. The average molecular weight is 203 g/mol. The fraction of sp³-hybridized carbons (Fsp3) is 0.385. The van der Waals surface area contributed by atoms with Gasteiger partial charge in [-0.25, -0.2) is 0 Å². The molecule has 0 spiro atoms. The SMILES string of the molecule is COc1ccc(C2(C)C=CNCC2)cc1. The first-order valence-electron chi connectivity index (χ1n) is 5.30. The summed E-state index contributed by atoms with van der Waals surface area (Å²) in [5.41, 5.74) is 1.51. The Kier molecular flexibility index (Phi) is 2.67. The van der Waals surface area contributed by atoms with Crippen LogP contribution in [-0.4, -0.2) is 13.7 Å². The number of methoxy groups -OCH3 is 1. The van der Waals surface area contributed by atoms with E-state index in [-0.39, 0.29) is 5.41 Å². The first-order chi connectivity index (χ1) is 7.24. The smallest absolute Gasteiger partial charge is 0.118 e. The Balaban J connectivity index is 2.28. The monoisotopic (exact) mass is 203 g/mol. The lowest BCUT2D eigenvalue weighted by molar-refractivity contribution is 0.414. The van der Waals surface area contributed by atoms with Crippen molar-refractivity contribution in [2.45, 2.75) is 18.8 Å². The van der Waals surface area contributed by atoms with E-state index < -0.39 is 0 Å².